The first-order valence-corrected chi connectivity index (χ1v) is 8.94. The molecule has 1 atom stereocenters. The lowest BCUT2D eigenvalue weighted by molar-refractivity contribution is -0.139. The Morgan fingerprint density at radius 3 is 2.56 bits per heavy atom. The molecule has 1 heterocycles. The molecule has 0 bridgehead atoms. The van der Waals surface area contributed by atoms with Crippen molar-refractivity contribution in [2.24, 2.45) is 5.92 Å². The Morgan fingerprint density at radius 1 is 1.19 bits per heavy atom. The molecule has 3 rings (SSSR count). The number of rotatable bonds is 5. The maximum atomic E-state index is 12.6. The van der Waals surface area contributed by atoms with E-state index in [2.05, 4.69) is 0 Å². The van der Waals surface area contributed by atoms with Crippen molar-refractivity contribution in [2.75, 3.05) is 13.7 Å². The fourth-order valence-electron chi connectivity index (χ4n) is 2.81. The second kappa shape index (κ2) is 8.27. The highest BCUT2D eigenvalue weighted by molar-refractivity contribution is 6.30. The number of hydrogen-bond donors (Lipinski definition) is 0. The summed E-state index contributed by atoms with van der Waals surface area (Å²) in [7, 11) is 1.25. The Balaban J connectivity index is 1.90. The largest absolute Gasteiger partial charge is 0.491 e. The van der Waals surface area contributed by atoms with Crippen molar-refractivity contribution in [2.45, 2.75) is 13.3 Å². The topological polar surface area (TPSA) is 61.8 Å². The van der Waals surface area contributed by atoms with E-state index in [4.69, 9.17) is 25.8 Å². The molecule has 2 aromatic rings. The Bertz CT molecular complexity index is 886. The van der Waals surface area contributed by atoms with Crippen LogP contribution < -0.4 is 4.74 Å². The minimum Gasteiger partial charge on any atom is -0.491 e. The fraction of sp³-hybridized carbons (Fsp3) is 0.238. The van der Waals surface area contributed by atoms with Crippen molar-refractivity contribution >= 4 is 29.1 Å². The number of ketones is 1. The molecule has 140 valence electrons. The van der Waals surface area contributed by atoms with Gasteiger partial charge in [0, 0.05) is 10.6 Å². The number of ether oxygens (including phenoxy) is 3. The lowest BCUT2D eigenvalue weighted by Gasteiger charge is -2.25. The average Bonchev–Trinajstić information content (AvgIpc) is 2.68. The normalized spacial score (nSPS) is 16.7. The van der Waals surface area contributed by atoms with Crippen LogP contribution in [0.2, 0.25) is 5.02 Å². The lowest BCUT2D eigenvalue weighted by Crippen LogP contribution is -2.31. The Morgan fingerprint density at radius 2 is 1.93 bits per heavy atom. The van der Waals surface area contributed by atoms with Crippen LogP contribution in [0, 0.1) is 5.92 Å². The van der Waals surface area contributed by atoms with Gasteiger partial charge < -0.3 is 14.2 Å². The van der Waals surface area contributed by atoms with Crippen LogP contribution in [0.1, 0.15) is 18.9 Å². The van der Waals surface area contributed by atoms with Gasteiger partial charge in [-0.15, -0.1) is 0 Å². The fourth-order valence-corrected chi connectivity index (χ4v) is 3.00. The number of methoxy groups -OCH3 is 1. The lowest BCUT2D eigenvalue weighted by atomic mass is 9.91. The second-order valence-electron chi connectivity index (χ2n) is 6.06. The first-order chi connectivity index (χ1) is 13.0. The minimum atomic E-state index is -0.688. The highest BCUT2D eigenvalue weighted by atomic mass is 35.5. The predicted molar refractivity (Wildman–Crippen MR) is 102 cm³/mol. The molecule has 6 heteroatoms. The predicted octanol–water partition coefficient (Wildman–Crippen LogP) is 4.64. The molecule has 0 radical (unpaired) electrons. The maximum absolute atomic E-state index is 12.6. The molecular weight excluding hydrogens is 368 g/mol. The van der Waals surface area contributed by atoms with Crippen LogP contribution in [0.3, 0.4) is 0 Å². The van der Waals surface area contributed by atoms with Crippen LogP contribution >= 0.6 is 11.6 Å². The number of hydrogen-bond acceptors (Lipinski definition) is 5. The van der Waals surface area contributed by atoms with Gasteiger partial charge in [-0.1, -0.05) is 24.6 Å². The number of Topliss-reactive ketones (excluding diaryl/α,β-unsaturated/α-hetero) is 1. The first kappa shape index (κ1) is 19.0. The van der Waals surface area contributed by atoms with Gasteiger partial charge in [0.25, 0.3) is 0 Å². The first-order valence-electron chi connectivity index (χ1n) is 8.57. The van der Waals surface area contributed by atoms with Gasteiger partial charge in [-0.25, -0.2) is 4.79 Å². The number of carbonyl (C=O) groups excluding carboxylic acids is 2. The highest BCUT2D eigenvalue weighted by Gasteiger charge is 2.35. The van der Waals surface area contributed by atoms with Gasteiger partial charge in [0.2, 0.25) is 0 Å². The summed E-state index contributed by atoms with van der Waals surface area (Å²) in [6.07, 6.45) is 0.596. The molecule has 5 nitrogen and oxygen atoms in total. The highest BCUT2D eigenvalue weighted by Crippen LogP contribution is 2.32. The molecule has 0 saturated heterocycles. The van der Waals surface area contributed by atoms with Crippen LogP contribution in [0.15, 0.2) is 54.1 Å². The molecule has 27 heavy (non-hydrogen) atoms. The molecule has 2 aromatic carbocycles. The van der Waals surface area contributed by atoms with E-state index in [0.717, 1.165) is 0 Å². The summed E-state index contributed by atoms with van der Waals surface area (Å²) in [5.74, 6) is 0.172. The summed E-state index contributed by atoms with van der Waals surface area (Å²) in [6.45, 7) is 2.12. The van der Waals surface area contributed by atoms with Crippen LogP contribution in [0.5, 0.6) is 11.5 Å². The Kier molecular flexibility index (Phi) is 5.81. The summed E-state index contributed by atoms with van der Waals surface area (Å²) in [4.78, 5) is 24.7. The molecule has 0 saturated carbocycles. The van der Waals surface area contributed by atoms with E-state index in [1.807, 2.05) is 6.92 Å². The number of carbonyl (C=O) groups is 2. The van der Waals surface area contributed by atoms with E-state index in [1.165, 1.54) is 7.11 Å². The van der Waals surface area contributed by atoms with E-state index >= 15 is 0 Å². The van der Waals surface area contributed by atoms with Gasteiger partial charge in [-0.05, 0) is 48.9 Å². The van der Waals surface area contributed by atoms with Crippen molar-refractivity contribution in [3.63, 3.8) is 0 Å². The summed E-state index contributed by atoms with van der Waals surface area (Å²) in [6, 6.07) is 14.0. The van der Waals surface area contributed by atoms with Crippen molar-refractivity contribution in [1.29, 1.82) is 0 Å². The molecule has 1 unspecified atom stereocenters. The Labute approximate surface area is 162 Å². The zero-order chi connectivity index (χ0) is 19.4. The van der Waals surface area contributed by atoms with Gasteiger partial charge in [0.05, 0.1) is 19.6 Å². The van der Waals surface area contributed by atoms with Crippen LogP contribution in [-0.4, -0.2) is 25.5 Å². The molecule has 1 aliphatic rings. The monoisotopic (exact) mass is 386 g/mol. The van der Waals surface area contributed by atoms with Crippen LogP contribution in [0.4, 0.5) is 0 Å². The molecule has 0 aromatic heterocycles. The number of esters is 1. The van der Waals surface area contributed by atoms with Crippen LogP contribution in [0.25, 0.3) is 5.76 Å². The number of halogens is 1. The second-order valence-corrected chi connectivity index (χ2v) is 6.50. The van der Waals surface area contributed by atoms with Gasteiger partial charge >= 0.3 is 5.97 Å². The molecule has 0 amide bonds. The van der Waals surface area contributed by atoms with Crippen LogP contribution in [-0.2, 0) is 19.1 Å². The van der Waals surface area contributed by atoms with Gasteiger partial charge in [0.15, 0.2) is 5.78 Å². The summed E-state index contributed by atoms with van der Waals surface area (Å²) in [5, 5.41) is 0.580. The van der Waals surface area contributed by atoms with Crippen molar-refractivity contribution in [1.82, 2.24) is 0 Å². The summed E-state index contributed by atoms with van der Waals surface area (Å²) < 4.78 is 16.3. The van der Waals surface area contributed by atoms with E-state index in [1.54, 1.807) is 48.5 Å². The van der Waals surface area contributed by atoms with Crippen molar-refractivity contribution in [3.05, 3.63) is 64.7 Å². The zero-order valence-electron chi connectivity index (χ0n) is 15.0. The smallest absolute Gasteiger partial charge is 0.345 e. The maximum Gasteiger partial charge on any atom is 0.345 e. The van der Waals surface area contributed by atoms with Gasteiger partial charge in [-0.3, -0.25) is 4.79 Å². The third-order valence-corrected chi connectivity index (χ3v) is 4.54. The molecule has 0 aliphatic carbocycles. The van der Waals surface area contributed by atoms with Gasteiger partial charge in [0.1, 0.15) is 22.8 Å². The van der Waals surface area contributed by atoms with E-state index in [9.17, 15) is 9.59 Å². The third-order valence-electron chi connectivity index (χ3n) is 4.30. The minimum absolute atomic E-state index is 0.0425. The molecule has 0 spiro atoms. The third kappa shape index (κ3) is 4.14. The molecule has 0 fully saturated rings. The SMILES string of the molecule is CCC1COC(c2ccc(Oc3cccc(Cl)c3)cc2)=C(C(=O)OC)C1=O. The number of benzene rings is 2. The van der Waals surface area contributed by atoms with Gasteiger partial charge in [-0.2, -0.15) is 0 Å². The average molecular weight is 387 g/mol. The molecular formula is C21H19ClO5. The zero-order valence-corrected chi connectivity index (χ0v) is 15.8. The van der Waals surface area contributed by atoms with E-state index in [0.29, 0.717) is 28.5 Å². The van der Waals surface area contributed by atoms with E-state index < -0.39 is 5.97 Å². The summed E-state index contributed by atoms with van der Waals surface area (Å²) in [5.41, 5.74) is 0.566. The molecule has 1 aliphatic heterocycles. The summed E-state index contributed by atoms with van der Waals surface area (Å²) >= 11 is 5.96. The van der Waals surface area contributed by atoms with E-state index in [-0.39, 0.29) is 29.6 Å². The molecule has 0 N–H and O–H groups in total. The quantitative estimate of drug-likeness (QED) is 0.553. The van der Waals surface area contributed by atoms with Crippen molar-refractivity contribution in [3.8, 4) is 11.5 Å². The standard InChI is InChI=1S/C21H19ClO5/c1-3-13-12-26-20(18(19(13)23)21(24)25-2)14-7-9-16(10-8-14)27-17-6-4-5-15(22)11-17/h4-11,13H,3,12H2,1-2H3. The Hall–Kier alpha value is -2.79. The van der Waals surface area contributed by atoms with Crippen molar-refractivity contribution < 1.29 is 23.8 Å².